The van der Waals surface area contributed by atoms with Crippen molar-refractivity contribution in [3.63, 3.8) is 0 Å². The first kappa shape index (κ1) is 28.6. The fourth-order valence-electron chi connectivity index (χ4n) is 4.25. The van der Waals surface area contributed by atoms with Crippen LogP contribution in [0.15, 0.2) is 66.8 Å². The number of aromatic nitrogens is 1. The van der Waals surface area contributed by atoms with Crippen molar-refractivity contribution in [2.24, 2.45) is 0 Å². The molecule has 40 heavy (non-hydrogen) atoms. The third-order valence-electron chi connectivity index (χ3n) is 6.04. The minimum absolute atomic E-state index is 0.0164. The number of aliphatic hydroxyl groups is 1. The predicted molar refractivity (Wildman–Crippen MR) is 152 cm³/mol. The van der Waals surface area contributed by atoms with Crippen molar-refractivity contribution in [3.05, 3.63) is 88.5 Å². The molecule has 1 atom stereocenters. The zero-order chi connectivity index (χ0) is 28.8. The smallest absolute Gasteiger partial charge is 0.350 e. The molecule has 10 heteroatoms. The molecule has 0 spiro atoms. The summed E-state index contributed by atoms with van der Waals surface area (Å²) in [6.45, 7) is 9.98. The summed E-state index contributed by atoms with van der Waals surface area (Å²) in [4.78, 5) is 45.4. The minimum atomic E-state index is -1.03. The van der Waals surface area contributed by atoms with Crippen LogP contribution in [0.3, 0.4) is 0 Å². The third kappa shape index (κ3) is 5.76. The largest absolute Gasteiger partial charge is 0.507 e. The van der Waals surface area contributed by atoms with Crippen LogP contribution in [0.2, 0.25) is 0 Å². The van der Waals surface area contributed by atoms with Crippen LogP contribution in [0.4, 0.5) is 5.13 Å². The number of esters is 1. The maximum Gasteiger partial charge on any atom is 0.350 e. The third-order valence-corrected chi connectivity index (χ3v) is 7.18. The van der Waals surface area contributed by atoms with E-state index in [4.69, 9.17) is 14.2 Å². The topological polar surface area (TPSA) is 115 Å². The molecule has 1 aromatic heterocycles. The molecule has 2 aromatic carbocycles. The Balaban J connectivity index is 1.84. The van der Waals surface area contributed by atoms with Gasteiger partial charge in [0.15, 0.2) is 5.13 Å². The number of benzene rings is 2. The summed E-state index contributed by atoms with van der Waals surface area (Å²) in [7, 11) is 0. The van der Waals surface area contributed by atoms with Gasteiger partial charge in [-0.25, -0.2) is 9.78 Å². The molecule has 1 unspecified atom stereocenters. The summed E-state index contributed by atoms with van der Waals surface area (Å²) < 4.78 is 16.4. The standard InChI is InChI=1S/C30H30N2O7S/c1-5-15-38-21-13-11-19(12-14-21)25(33)23-24(20-9-8-10-22(17-20)37-7-3)32(28(35)26(23)34)30-31-18(4)27(40-30)29(36)39-16-6-2/h6,8-14,17,24,33H,2,5,7,15-16H2,1,3-4H3/b25-23+. The number of amides is 1. The molecular weight excluding hydrogens is 532 g/mol. The number of ether oxygens (including phenoxy) is 3. The van der Waals surface area contributed by atoms with Crippen molar-refractivity contribution < 1.29 is 33.7 Å². The SMILES string of the molecule is C=CCOC(=O)c1sc(N2C(=O)C(=O)/C(=C(/O)c3ccc(OCCC)cc3)C2c2cccc(OCC)c2)nc1C. The lowest BCUT2D eigenvalue weighted by Gasteiger charge is -2.23. The summed E-state index contributed by atoms with van der Waals surface area (Å²) >= 11 is 0.934. The van der Waals surface area contributed by atoms with E-state index in [1.165, 1.54) is 11.0 Å². The van der Waals surface area contributed by atoms with E-state index in [9.17, 15) is 19.5 Å². The molecule has 4 rings (SSSR count). The molecule has 0 aliphatic carbocycles. The fraction of sp³-hybridized carbons (Fsp3) is 0.267. The van der Waals surface area contributed by atoms with Gasteiger partial charge in [-0.05, 0) is 62.2 Å². The van der Waals surface area contributed by atoms with Gasteiger partial charge in [0, 0.05) is 5.56 Å². The second-order valence-corrected chi connectivity index (χ2v) is 9.82. The van der Waals surface area contributed by atoms with E-state index in [2.05, 4.69) is 11.6 Å². The van der Waals surface area contributed by atoms with Crippen molar-refractivity contribution in [3.8, 4) is 11.5 Å². The van der Waals surface area contributed by atoms with E-state index in [-0.39, 0.29) is 27.9 Å². The average molecular weight is 563 g/mol. The first-order chi connectivity index (χ1) is 19.3. The molecular formula is C30H30N2O7S. The number of anilines is 1. The van der Waals surface area contributed by atoms with Crippen LogP contribution in [0.5, 0.6) is 11.5 Å². The van der Waals surface area contributed by atoms with Crippen LogP contribution < -0.4 is 14.4 Å². The maximum atomic E-state index is 13.5. The number of Topliss-reactive ketones (excluding diaryl/α,β-unsaturated/α-hetero) is 1. The number of aryl methyl sites for hydroxylation is 1. The lowest BCUT2D eigenvalue weighted by atomic mass is 9.95. The Morgan fingerprint density at radius 3 is 2.55 bits per heavy atom. The average Bonchev–Trinajstić information content (AvgIpc) is 3.47. The van der Waals surface area contributed by atoms with Crippen LogP contribution >= 0.6 is 11.3 Å². The van der Waals surface area contributed by atoms with Gasteiger partial charge in [-0.3, -0.25) is 14.5 Å². The Bertz CT molecular complexity index is 1460. The number of rotatable bonds is 11. The maximum absolute atomic E-state index is 13.5. The van der Waals surface area contributed by atoms with Crippen molar-refractivity contribution in [2.45, 2.75) is 33.2 Å². The fourth-order valence-corrected chi connectivity index (χ4v) is 5.23. The molecule has 1 N–H and O–H groups in total. The zero-order valence-corrected chi connectivity index (χ0v) is 23.3. The van der Waals surface area contributed by atoms with Gasteiger partial charge in [0.25, 0.3) is 5.78 Å². The summed E-state index contributed by atoms with van der Waals surface area (Å²) in [6.07, 6.45) is 2.29. The van der Waals surface area contributed by atoms with E-state index >= 15 is 0 Å². The Morgan fingerprint density at radius 2 is 1.88 bits per heavy atom. The summed E-state index contributed by atoms with van der Waals surface area (Å²) in [5.74, 6) is -1.55. The lowest BCUT2D eigenvalue weighted by Crippen LogP contribution is -2.29. The Hall–Kier alpha value is -4.44. The number of aliphatic hydroxyl groups excluding tert-OH is 1. The van der Waals surface area contributed by atoms with Gasteiger partial charge < -0.3 is 19.3 Å². The van der Waals surface area contributed by atoms with Crippen LogP contribution in [0, 0.1) is 6.92 Å². The second kappa shape index (κ2) is 12.6. The number of hydrogen-bond donors (Lipinski definition) is 1. The molecule has 1 fully saturated rings. The molecule has 0 bridgehead atoms. The lowest BCUT2D eigenvalue weighted by molar-refractivity contribution is -0.132. The first-order valence-electron chi connectivity index (χ1n) is 12.8. The summed E-state index contributed by atoms with van der Waals surface area (Å²) in [5, 5.41) is 11.5. The molecule has 9 nitrogen and oxygen atoms in total. The Kier molecular flexibility index (Phi) is 9.00. The molecule has 1 aliphatic heterocycles. The van der Waals surface area contributed by atoms with Gasteiger partial charge in [0.05, 0.1) is 30.5 Å². The van der Waals surface area contributed by atoms with Gasteiger partial charge in [-0.2, -0.15) is 0 Å². The Morgan fingerprint density at radius 1 is 1.12 bits per heavy atom. The monoisotopic (exact) mass is 562 g/mol. The van der Waals surface area contributed by atoms with E-state index in [1.807, 2.05) is 13.8 Å². The van der Waals surface area contributed by atoms with Gasteiger partial charge in [0.2, 0.25) is 0 Å². The first-order valence-corrected chi connectivity index (χ1v) is 13.6. The zero-order valence-electron chi connectivity index (χ0n) is 22.5. The normalized spacial score (nSPS) is 16.2. The molecule has 1 amide bonds. The highest BCUT2D eigenvalue weighted by atomic mass is 32.1. The number of thiazole rings is 1. The van der Waals surface area contributed by atoms with E-state index < -0.39 is 23.7 Å². The van der Waals surface area contributed by atoms with Crippen LogP contribution in [0.25, 0.3) is 5.76 Å². The van der Waals surface area contributed by atoms with Gasteiger partial charge in [0.1, 0.15) is 28.7 Å². The van der Waals surface area contributed by atoms with Gasteiger partial charge in [-0.15, -0.1) is 0 Å². The summed E-state index contributed by atoms with van der Waals surface area (Å²) in [5.41, 5.74) is 1.11. The van der Waals surface area contributed by atoms with Crippen molar-refractivity contribution in [1.29, 1.82) is 0 Å². The summed E-state index contributed by atoms with van der Waals surface area (Å²) in [6, 6.07) is 12.6. The number of carbonyl (C=O) groups is 3. The highest BCUT2D eigenvalue weighted by molar-refractivity contribution is 7.17. The van der Waals surface area contributed by atoms with E-state index in [0.29, 0.717) is 41.5 Å². The van der Waals surface area contributed by atoms with Crippen molar-refractivity contribution in [2.75, 3.05) is 24.7 Å². The van der Waals surface area contributed by atoms with E-state index in [0.717, 1.165) is 17.8 Å². The molecule has 2 heterocycles. The number of carbonyl (C=O) groups excluding carboxylic acids is 3. The van der Waals surface area contributed by atoms with Gasteiger partial charge >= 0.3 is 11.9 Å². The molecule has 3 aromatic rings. The Labute approximate surface area is 236 Å². The van der Waals surface area contributed by atoms with Crippen molar-refractivity contribution >= 4 is 39.9 Å². The van der Waals surface area contributed by atoms with Crippen LogP contribution in [-0.2, 0) is 14.3 Å². The molecule has 1 saturated heterocycles. The minimum Gasteiger partial charge on any atom is -0.507 e. The quantitative estimate of drug-likeness (QED) is 0.105. The van der Waals surface area contributed by atoms with Crippen LogP contribution in [0.1, 0.15) is 52.8 Å². The molecule has 0 radical (unpaired) electrons. The molecule has 208 valence electrons. The molecule has 0 saturated carbocycles. The highest BCUT2D eigenvalue weighted by Crippen LogP contribution is 2.44. The van der Waals surface area contributed by atoms with E-state index in [1.54, 1.807) is 55.5 Å². The number of ketones is 1. The van der Waals surface area contributed by atoms with Gasteiger partial charge in [-0.1, -0.05) is 43.0 Å². The van der Waals surface area contributed by atoms with Crippen LogP contribution in [-0.4, -0.2) is 47.6 Å². The number of hydrogen-bond acceptors (Lipinski definition) is 9. The predicted octanol–water partition coefficient (Wildman–Crippen LogP) is 5.61. The number of nitrogens with zero attached hydrogens (tertiary/aromatic N) is 2. The molecule has 1 aliphatic rings. The highest BCUT2D eigenvalue weighted by Gasteiger charge is 2.48. The van der Waals surface area contributed by atoms with Crippen molar-refractivity contribution in [1.82, 2.24) is 4.98 Å². The second-order valence-electron chi connectivity index (χ2n) is 8.85.